The third-order valence-corrected chi connectivity index (χ3v) is 5.82. The van der Waals surface area contributed by atoms with Crippen LogP contribution in [0.1, 0.15) is 0 Å². The highest BCUT2D eigenvalue weighted by Crippen LogP contribution is 2.40. The quantitative estimate of drug-likeness (QED) is 0.212. The smallest absolute Gasteiger partial charge is 0.247 e. The Morgan fingerprint density at radius 2 is 1.72 bits per heavy atom. The van der Waals surface area contributed by atoms with Gasteiger partial charge in [0.05, 0.1) is 25.5 Å². The number of hydrogen-bond donors (Lipinski definition) is 2. The molecule has 1 amide bonds. The summed E-state index contributed by atoms with van der Waals surface area (Å²) in [5, 5.41) is 5.29. The zero-order chi connectivity index (χ0) is 27.8. The van der Waals surface area contributed by atoms with Crippen molar-refractivity contribution < 1.29 is 31.8 Å². The van der Waals surface area contributed by atoms with Crippen molar-refractivity contribution in [3.05, 3.63) is 78.8 Å². The molecule has 0 unspecified atom stereocenters. The Labute approximate surface area is 217 Å². The summed E-state index contributed by atoms with van der Waals surface area (Å²) in [5.74, 6) is -5.66. The number of aromatic nitrogens is 4. The van der Waals surface area contributed by atoms with Crippen LogP contribution in [0.25, 0.3) is 27.8 Å². The normalized spacial score (nSPS) is 11.0. The van der Waals surface area contributed by atoms with Crippen molar-refractivity contribution in [2.45, 2.75) is 0 Å². The first kappa shape index (κ1) is 25.4. The molecule has 0 fully saturated rings. The Morgan fingerprint density at radius 3 is 2.38 bits per heavy atom. The predicted molar refractivity (Wildman–Crippen MR) is 135 cm³/mol. The summed E-state index contributed by atoms with van der Waals surface area (Å²) in [7, 11) is 2.48. The van der Waals surface area contributed by atoms with E-state index < -0.39 is 40.4 Å². The summed E-state index contributed by atoms with van der Waals surface area (Å²) in [5.41, 5.74) is -0.506. The van der Waals surface area contributed by atoms with E-state index in [9.17, 15) is 13.6 Å². The van der Waals surface area contributed by atoms with E-state index in [1.165, 1.54) is 43.3 Å². The fourth-order valence-corrected chi connectivity index (χ4v) is 4.01. The second-order valence-corrected chi connectivity index (χ2v) is 8.04. The van der Waals surface area contributed by atoms with Crippen molar-refractivity contribution in [2.24, 2.45) is 0 Å². The molecule has 2 aromatic carbocycles. The van der Waals surface area contributed by atoms with Gasteiger partial charge in [-0.1, -0.05) is 6.58 Å². The fraction of sp³-hybridized carbons (Fsp3) is 0.0769. The minimum Gasteiger partial charge on any atom is -0.494 e. The maximum atomic E-state index is 15.3. The number of amides is 1. The molecule has 0 atom stereocenters. The molecule has 0 aliphatic carbocycles. The first-order chi connectivity index (χ1) is 18.8. The van der Waals surface area contributed by atoms with Gasteiger partial charge in [0.15, 0.2) is 40.4 Å². The van der Waals surface area contributed by atoms with E-state index in [4.69, 9.17) is 9.47 Å². The van der Waals surface area contributed by atoms with Crippen molar-refractivity contribution in [3.63, 3.8) is 0 Å². The summed E-state index contributed by atoms with van der Waals surface area (Å²) < 4.78 is 70.8. The summed E-state index contributed by atoms with van der Waals surface area (Å²) in [4.78, 5) is 24.5. The Hall–Kier alpha value is -5.20. The average Bonchev–Trinajstić information content (AvgIpc) is 3.43. The zero-order valence-corrected chi connectivity index (χ0v) is 20.4. The molecule has 0 aliphatic heterocycles. The summed E-state index contributed by atoms with van der Waals surface area (Å²) >= 11 is 0. The number of benzene rings is 2. The lowest BCUT2D eigenvalue weighted by Crippen LogP contribution is -2.11. The van der Waals surface area contributed by atoms with Crippen molar-refractivity contribution >= 4 is 39.9 Å². The molecule has 5 rings (SSSR count). The molecule has 2 N–H and O–H groups in total. The van der Waals surface area contributed by atoms with E-state index in [1.807, 2.05) is 0 Å². The van der Waals surface area contributed by atoms with Crippen LogP contribution in [0.2, 0.25) is 0 Å². The summed E-state index contributed by atoms with van der Waals surface area (Å²) in [6.45, 7) is 3.33. The molecular weight excluding hydrogens is 520 g/mol. The number of pyridine rings is 1. The van der Waals surface area contributed by atoms with Gasteiger partial charge in [0.1, 0.15) is 11.3 Å². The van der Waals surface area contributed by atoms with Gasteiger partial charge in [-0.3, -0.25) is 9.20 Å². The van der Waals surface area contributed by atoms with Crippen molar-refractivity contribution in [1.82, 2.24) is 19.4 Å². The topological polar surface area (TPSA) is 103 Å². The van der Waals surface area contributed by atoms with E-state index in [1.54, 1.807) is 0 Å². The monoisotopic (exact) mass is 538 g/mol. The van der Waals surface area contributed by atoms with E-state index in [0.717, 1.165) is 24.3 Å². The van der Waals surface area contributed by atoms with E-state index in [0.29, 0.717) is 5.39 Å². The number of rotatable bonds is 7. The molecule has 0 aliphatic rings. The standard InChI is InChI=1S/C26H18F4N6O3/c1-4-18(37)33-15-6-5-14(27)20(28)23(15)34-26-32-11-12-9-13(25-31-7-8-36(25)24(12)35-26)19-21(29)16(38-2)10-17(39-3)22(19)30/h4-11H,1H2,2-3H3,(H,33,37)(H,32,34,35). The van der Waals surface area contributed by atoms with Crippen LogP contribution in [0.5, 0.6) is 11.5 Å². The number of imidazole rings is 1. The third kappa shape index (κ3) is 4.33. The minimum atomic E-state index is -1.28. The van der Waals surface area contributed by atoms with Crippen LogP contribution >= 0.6 is 0 Å². The Morgan fingerprint density at radius 1 is 1.00 bits per heavy atom. The molecule has 0 spiro atoms. The third-order valence-electron chi connectivity index (χ3n) is 5.82. The molecule has 3 heterocycles. The van der Waals surface area contributed by atoms with Gasteiger partial charge < -0.3 is 20.1 Å². The van der Waals surface area contributed by atoms with Gasteiger partial charge in [0.25, 0.3) is 0 Å². The molecule has 0 bridgehead atoms. The van der Waals surface area contributed by atoms with E-state index >= 15 is 8.78 Å². The van der Waals surface area contributed by atoms with Crippen LogP contribution in [-0.4, -0.2) is 39.5 Å². The Bertz CT molecular complexity index is 1760. The average molecular weight is 538 g/mol. The number of ether oxygens (including phenoxy) is 2. The van der Waals surface area contributed by atoms with Crippen molar-refractivity contribution in [1.29, 1.82) is 0 Å². The number of anilines is 3. The van der Waals surface area contributed by atoms with Crippen LogP contribution in [-0.2, 0) is 4.79 Å². The summed E-state index contributed by atoms with van der Waals surface area (Å²) in [6, 6.07) is 4.54. The second-order valence-electron chi connectivity index (χ2n) is 8.04. The van der Waals surface area contributed by atoms with Crippen molar-refractivity contribution in [3.8, 4) is 22.6 Å². The van der Waals surface area contributed by atoms with Gasteiger partial charge in [-0.2, -0.15) is 4.98 Å². The molecule has 3 aromatic heterocycles. The number of carbonyl (C=O) groups is 1. The summed E-state index contributed by atoms with van der Waals surface area (Å²) in [6.07, 6.45) is 5.19. The Kier molecular flexibility index (Phi) is 6.48. The number of halogens is 4. The first-order valence-electron chi connectivity index (χ1n) is 11.2. The van der Waals surface area contributed by atoms with Crippen LogP contribution in [0.4, 0.5) is 34.9 Å². The van der Waals surface area contributed by atoms with Gasteiger partial charge >= 0.3 is 0 Å². The molecule has 0 saturated heterocycles. The lowest BCUT2D eigenvalue weighted by molar-refractivity contribution is -0.111. The maximum absolute atomic E-state index is 15.3. The zero-order valence-electron chi connectivity index (χ0n) is 20.4. The van der Waals surface area contributed by atoms with Crippen LogP contribution in [0.15, 0.2) is 55.5 Å². The second kappa shape index (κ2) is 9.93. The highest BCUT2D eigenvalue weighted by molar-refractivity contribution is 6.01. The van der Waals surface area contributed by atoms with Crippen LogP contribution < -0.4 is 20.1 Å². The van der Waals surface area contributed by atoms with Crippen LogP contribution in [0, 0.1) is 23.3 Å². The largest absolute Gasteiger partial charge is 0.494 e. The van der Waals surface area contributed by atoms with Crippen LogP contribution in [0.3, 0.4) is 0 Å². The highest BCUT2D eigenvalue weighted by Gasteiger charge is 2.25. The molecule has 39 heavy (non-hydrogen) atoms. The number of nitrogens with zero attached hydrogens (tertiary/aromatic N) is 4. The van der Waals surface area contributed by atoms with Crippen molar-refractivity contribution in [2.75, 3.05) is 24.9 Å². The number of fused-ring (bicyclic) bond motifs is 3. The van der Waals surface area contributed by atoms with Gasteiger partial charge in [-0.05, 0) is 24.3 Å². The molecule has 198 valence electrons. The fourth-order valence-electron chi connectivity index (χ4n) is 4.01. The minimum absolute atomic E-state index is 0.0645. The molecule has 13 heteroatoms. The number of carbonyl (C=O) groups excluding carboxylic acids is 1. The van der Waals surface area contributed by atoms with Gasteiger partial charge in [0.2, 0.25) is 11.9 Å². The molecule has 0 radical (unpaired) electrons. The molecule has 0 saturated carbocycles. The number of nitrogens with one attached hydrogen (secondary N) is 2. The number of methoxy groups -OCH3 is 2. The molecular formula is C26H18F4N6O3. The predicted octanol–water partition coefficient (Wildman–Crippen LogP) is 5.39. The van der Waals surface area contributed by atoms with Gasteiger partial charge in [-0.15, -0.1) is 0 Å². The highest BCUT2D eigenvalue weighted by atomic mass is 19.2. The van der Waals surface area contributed by atoms with E-state index in [-0.39, 0.29) is 40.0 Å². The van der Waals surface area contributed by atoms with Gasteiger partial charge in [-0.25, -0.2) is 27.5 Å². The lowest BCUT2D eigenvalue weighted by atomic mass is 10.0. The molecule has 9 nitrogen and oxygen atoms in total. The lowest BCUT2D eigenvalue weighted by Gasteiger charge is -2.15. The van der Waals surface area contributed by atoms with E-state index in [2.05, 4.69) is 32.2 Å². The Balaban J connectivity index is 1.67. The van der Waals surface area contributed by atoms with Gasteiger partial charge in [0, 0.05) is 35.6 Å². The first-order valence-corrected chi connectivity index (χ1v) is 11.2. The maximum Gasteiger partial charge on any atom is 0.247 e. The number of hydrogen-bond acceptors (Lipinski definition) is 7. The molecule has 5 aromatic rings. The SMILES string of the molecule is C=CC(=O)Nc1ccc(F)c(F)c1Nc1ncc2cc(-c3c(F)c(OC)cc(OC)c3F)c3nccn3c2n1.